The molecule has 1 aromatic rings. The van der Waals surface area contributed by atoms with Gasteiger partial charge in [-0.3, -0.25) is 14.5 Å². The van der Waals surface area contributed by atoms with E-state index in [0.29, 0.717) is 11.5 Å². The Bertz CT molecular complexity index is 492. The first kappa shape index (κ1) is 18.4. The number of nitrogens with zero attached hydrogens (tertiary/aromatic N) is 4. The summed E-state index contributed by atoms with van der Waals surface area (Å²) in [6.45, 7) is 17.6. The molecule has 23 heavy (non-hydrogen) atoms. The van der Waals surface area contributed by atoms with E-state index in [9.17, 15) is 5.11 Å². The Morgan fingerprint density at radius 3 is 2.61 bits per heavy atom. The van der Waals surface area contributed by atoms with Gasteiger partial charge in [0.25, 0.3) is 0 Å². The van der Waals surface area contributed by atoms with Gasteiger partial charge in [-0.15, -0.1) is 0 Å². The molecular formula is C18H34N4O. The average molecular weight is 322 g/mol. The van der Waals surface area contributed by atoms with Crippen LogP contribution in [0.3, 0.4) is 0 Å². The molecule has 1 aromatic heterocycles. The highest BCUT2D eigenvalue weighted by Crippen LogP contribution is 2.22. The van der Waals surface area contributed by atoms with Gasteiger partial charge >= 0.3 is 0 Å². The van der Waals surface area contributed by atoms with Crippen LogP contribution in [0, 0.1) is 12.3 Å². The van der Waals surface area contributed by atoms with Crippen molar-refractivity contribution in [2.24, 2.45) is 5.41 Å². The second kappa shape index (κ2) is 7.77. The van der Waals surface area contributed by atoms with E-state index in [0.717, 1.165) is 51.4 Å². The molecule has 2 heterocycles. The number of aryl methyl sites for hydroxylation is 2. The monoisotopic (exact) mass is 322 g/mol. The molecule has 1 aliphatic heterocycles. The summed E-state index contributed by atoms with van der Waals surface area (Å²) in [5.41, 5.74) is 2.77. The Kier molecular flexibility index (Phi) is 6.23. The minimum atomic E-state index is 0.270. The maximum absolute atomic E-state index is 9.43. The van der Waals surface area contributed by atoms with E-state index in [2.05, 4.69) is 55.7 Å². The summed E-state index contributed by atoms with van der Waals surface area (Å²) in [5.74, 6) is 0. The highest BCUT2D eigenvalue weighted by Gasteiger charge is 2.29. The van der Waals surface area contributed by atoms with E-state index in [1.807, 2.05) is 4.68 Å². The predicted octanol–water partition coefficient (Wildman–Crippen LogP) is 2.13. The van der Waals surface area contributed by atoms with Gasteiger partial charge < -0.3 is 5.11 Å². The molecule has 1 unspecified atom stereocenters. The number of aliphatic hydroxyl groups excluding tert-OH is 1. The van der Waals surface area contributed by atoms with Gasteiger partial charge in [-0.25, -0.2) is 0 Å². The Morgan fingerprint density at radius 1 is 1.30 bits per heavy atom. The summed E-state index contributed by atoms with van der Waals surface area (Å²) in [6.07, 6.45) is 3.04. The van der Waals surface area contributed by atoms with E-state index >= 15 is 0 Å². The number of piperazine rings is 1. The van der Waals surface area contributed by atoms with Crippen LogP contribution < -0.4 is 0 Å². The van der Waals surface area contributed by atoms with E-state index in [-0.39, 0.29) is 6.61 Å². The molecule has 0 amide bonds. The standard InChI is InChI=1S/C18H34N4O/c1-6-22-12-16(15(2)19-22)11-20-8-9-21(14-18(3,4)5)17(13-20)7-10-23/h12,17,23H,6-11,13-14H2,1-5H3. The molecule has 1 N–H and O–H groups in total. The fourth-order valence-electron chi connectivity index (χ4n) is 3.46. The van der Waals surface area contributed by atoms with Crippen LogP contribution in [0.25, 0.3) is 0 Å². The normalized spacial score (nSPS) is 21.0. The van der Waals surface area contributed by atoms with Gasteiger partial charge in [0.2, 0.25) is 0 Å². The third kappa shape index (κ3) is 5.30. The van der Waals surface area contributed by atoms with Gasteiger partial charge in [-0.1, -0.05) is 20.8 Å². The number of rotatable bonds is 6. The van der Waals surface area contributed by atoms with Crippen LogP contribution >= 0.6 is 0 Å². The van der Waals surface area contributed by atoms with E-state index in [1.165, 1.54) is 5.56 Å². The van der Waals surface area contributed by atoms with Crippen molar-refractivity contribution in [3.63, 3.8) is 0 Å². The number of hydrogen-bond donors (Lipinski definition) is 1. The van der Waals surface area contributed by atoms with E-state index < -0.39 is 0 Å². The van der Waals surface area contributed by atoms with E-state index in [1.54, 1.807) is 0 Å². The molecule has 5 heteroatoms. The van der Waals surface area contributed by atoms with E-state index in [4.69, 9.17) is 0 Å². The molecule has 0 saturated carbocycles. The lowest BCUT2D eigenvalue weighted by atomic mass is 9.94. The molecule has 0 bridgehead atoms. The van der Waals surface area contributed by atoms with Crippen molar-refractivity contribution >= 4 is 0 Å². The maximum Gasteiger partial charge on any atom is 0.0638 e. The largest absolute Gasteiger partial charge is 0.396 e. The second-order valence-corrected chi connectivity index (χ2v) is 8.03. The molecule has 1 atom stereocenters. The summed E-state index contributed by atoms with van der Waals surface area (Å²) >= 11 is 0. The summed E-state index contributed by atoms with van der Waals surface area (Å²) in [6, 6.07) is 0.453. The van der Waals surface area contributed by atoms with Gasteiger partial charge in [-0.05, 0) is 25.7 Å². The van der Waals surface area contributed by atoms with Crippen LogP contribution in [-0.4, -0.2) is 63.5 Å². The van der Waals surface area contributed by atoms with Gasteiger partial charge in [0.1, 0.15) is 0 Å². The van der Waals surface area contributed by atoms with Crippen LogP contribution in [0.5, 0.6) is 0 Å². The predicted molar refractivity (Wildman–Crippen MR) is 94.4 cm³/mol. The summed E-state index contributed by atoms with van der Waals surface area (Å²) < 4.78 is 2.02. The Balaban J connectivity index is 1.99. The molecule has 2 rings (SSSR count). The number of hydrogen-bond acceptors (Lipinski definition) is 4. The lowest BCUT2D eigenvalue weighted by Crippen LogP contribution is -2.54. The zero-order chi connectivity index (χ0) is 17.0. The molecule has 0 radical (unpaired) electrons. The van der Waals surface area contributed by atoms with Crippen molar-refractivity contribution in [2.45, 2.75) is 60.2 Å². The Morgan fingerprint density at radius 2 is 2.04 bits per heavy atom. The van der Waals surface area contributed by atoms with Gasteiger partial charge in [-0.2, -0.15) is 5.10 Å². The van der Waals surface area contributed by atoms with Crippen molar-refractivity contribution in [1.29, 1.82) is 0 Å². The lowest BCUT2D eigenvalue weighted by Gasteiger charge is -2.43. The quantitative estimate of drug-likeness (QED) is 0.871. The highest BCUT2D eigenvalue weighted by molar-refractivity contribution is 5.15. The molecule has 0 spiro atoms. The first-order chi connectivity index (χ1) is 10.8. The molecular weight excluding hydrogens is 288 g/mol. The zero-order valence-corrected chi connectivity index (χ0v) is 15.5. The van der Waals surface area contributed by atoms with Gasteiger partial charge in [0.05, 0.1) is 5.69 Å². The van der Waals surface area contributed by atoms with Crippen LogP contribution in [0.1, 0.15) is 45.4 Å². The average Bonchev–Trinajstić information content (AvgIpc) is 2.81. The fourth-order valence-corrected chi connectivity index (χ4v) is 3.46. The Labute approximate surface area is 141 Å². The second-order valence-electron chi connectivity index (χ2n) is 8.03. The summed E-state index contributed by atoms with van der Waals surface area (Å²) in [5, 5.41) is 14.0. The molecule has 1 aliphatic rings. The number of aromatic nitrogens is 2. The van der Waals surface area contributed by atoms with Crippen molar-refractivity contribution < 1.29 is 5.11 Å². The third-order valence-electron chi connectivity index (χ3n) is 4.59. The lowest BCUT2D eigenvalue weighted by molar-refractivity contribution is 0.0339. The summed E-state index contributed by atoms with van der Waals surface area (Å²) in [4.78, 5) is 5.08. The minimum Gasteiger partial charge on any atom is -0.396 e. The van der Waals surface area contributed by atoms with Gasteiger partial charge in [0.15, 0.2) is 0 Å². The van der Waals surface area contributed by atoms with Crippen molar-refractivity contribution in [3.8, 4) is 0 Å². The maximum atomic E-state index is 9.43. The molecule has 1 saturated heterocycles. The molecule has 0 aliphatic carbocycles. The fraction of sp³-hybridized carbons (Fsp3) is 0.833. The van der Waals surface area contributed by atoms with Crippen LogP contribution in [-0.2, 0) is 13.1 Å². The molecule has 0 aromatic carbocycles. The molecule has 1 fully saturated rings. The first-order valence-electron chi connectivity index (χ1n) is 8.92. The van der Waals surface area contributed by atoms with Crippen LogP contribution in [0.2, 0.25) is 0 Å². The molecule has 132 valence electrons. The smallest absolute Gasteiger partial charge is 0.0638 e. The minimum absolute atomic E-state index is 0.270. The van der Waals surface area contributed by atoms with Gasteiger partial charge in [0, 0.05) is 63.7 Å². The summed E-state index contributed by atoms with van der Waals surface area (Å²) in [7, 11) is 0. The van der Waals surface area contributed by atoms with Crippen molar-refractivity contribution in [1.82, 2.24) is 19.6 Å². The zero-order valence-electron chi connectivity index (χ0n) is 15.5. The first-order valence-corrected chi connectivity index (χ1v) is 8.92. The van der Waals surface area contributed by atoms with Crippen LogP contribution in [0.4, 0.5) is 0 Å². The topological polar surface area (TPSA) is 44.5 Å². The van der Waals surface area contributed by atoms with Crippen molar-refractivity contribution in [2.75, 3.05) is 32.8 Å². The van der Waals surface area contributed by atoms with Crippen molar-refractivity contribution in [3.05, 3.63) is 17.5 Å². The van der Waals surface area contributed by atoms with Crippen LogP contribution in [0.15, 0.2) is 6.20 Å². The Hall–Kier alpha value is -0.910. The number of aliphatic hydroxyl groups is 1. The third-order valence-corrected chi connectivity index (χ3v) is 4.59. The SMILES string of the molecule is CCn1cc(CN2CCN(CC(C)(C)C)C(CCO)C2)c(C)n1. The highest BCUT2D eigenvalue weighted by atomic mass is 16.3. The molecule has 5 nitrogen and oxygen atoms in total.